The van der Waals surface area contributed by atoms with Crippen molar-refractivity contribution in [2.45, 2.75) is 13.5 Å². The number of pyridine rings is 1. The van der Waals surface area contributed by atoms with E-state index < -0.39 is 5.97 Å². The highest BCUT2D eigenvalue weighted by Gasteiger charge is 2.15. The second-order valence-electron chi connectivity index (χ2n) is 5.26. The molecule has 1 aromatic rings. The molecular formula is C17H17N3O3. The summed E-state index contributed by atoms with van der Waals surface area (Å²) >= 11 is 0. The van der Waals surface area contributed by atoms with Crippen LogP contribution in [0.15, 0.2) is 36.5 Å². The van der Waals surface area contributed by atoms with Crippen molar-refractivity contribution in [3.05, 3.63) is 53.3 Å². The first-order valence-electron chi connectivity index (χ1n) is 7.12. The second kappa shape index (κ2) is 6.00. The number of fused-ring (bicyclic) bond motifs is 1. The number of hydrogen-bond acceptors (Lipinski definition) is 5. The third kappa shape index (κ3) is 3.11. The number of anilines is 1. The summed E-state index contributed by atoms with van der Waals surface area (Å²) in [6, 6.07) is 9.17. The highest BCUT2D eigenvalue weighted by Crippen LogP contribution is 2.24. The van der Waals surface area contributed by atoms with Crippen LogP contribution in [0, 0.1) is 6.92 Å². The van der Waals surface area contributed by atoms with E-state index in [1.54, 1.807) is 18.3 Å². The Kier molecular flexibility index (Phi) is 3.89. The van der Waals surface area contributed by atoms with Crippen LogP contribution in [0.4, 0.5) is 5.69 Å². The van der Waals surface area contributed by atoms with E-state index in [-0.39, 0.29) is 5.69 Å². The van der Waals surface area contributed by atoms with E-state index in [1.165, 1.54) is 7.11 Å². The van der Waals surface area contributed by atoms with Crippen molar-refractivity contribution in [2.75, 3.05) is 12.8 Å². The smallest absolute Gasteiger partial charge is 0.356 e. The molecule has 3 N–H and O–H groups in total. The van der Waals surface area contributed by atoms with Gasteiger partial charge in [0.15, 0.2) is 5.69 Å². The van der Waals surface area contributed by atoms with Crippen molar-refractivity contribution in [3.8, 4) is 17.1 Å². The SMILES string of the molecule is COC(=O)c1cc2cc(COc3cc(N)ccc3C)c[nH]c-2n1. The lowest BCUT2D eigenvalue weighted by Gasteiger charge is -2.10. The van der Waals surface area contributed by atoms with Gasteiger partial charge in [-0.2, -0.15) is 0 Å². The van der Waals surface area contributed by atoms with Crippen molar-refractivity contribution >= 4 is 11.7 Å². The minimum Gasteiger partial charge on any atom is -0.488 e. The molecule has 0 amide bonds. The Morgan fingerprint density at radius 1 is 1.30 bits per heavy atom. The maximum Gasteiger partial charge on any atom is 0.356 e. The Morgan fingerprint density at radius 3 is 2.91 bits per heavy atom. The van der Waals surface area contributed by atoms with Crippen LogP contribution in [0.3, 0.4) is 0 Å². The summed E-state index contributed by atoms with van der Waals surface area (Å²) in [6.45, 7) is 2.35. The van der Waals surface area contributed by atoms with Gasteiger partial charge in [0, 0.05) is 29.1 Å². The van der Waals surface area contributed by atoms with Crippen LogP contribution >= 0.6 is 0 Å². The van der Waals surface area contributed by atoms with Crippen molar-refractivity contribution in [1.82, 2.24) is 9.97 Å². The van der Waals surface area contributed by atoms with Crippen LogP contribution in [0.25, 0.3) is 11.4 Å². The summed E-state index contributed by atoms with van der Waals surface area (Å²) in [5.74, 6) is 0.929. The summed E-state index contributed by atoms with van der Waals surface area (Å²) in [6.07, 6.45) is 1.80. The van der Waals surface area contributed by atoms with Gasteiger partial charge < -0.3 is 20.2 Å². The number of aromatic amines is 1. The van der Waals surface area contributed by atoms with Gasteiger partial charge in [-0.1, -0.05) is 6.07 Å². The van der Waals surface area contributed by atoms with Gasteiger partial charge in [0.25, 0.3) is 0 Å². The third-order valence-corrected chi connectivity index (χ3v) is 3.53. The van der Waals surface area contributed by atoms with E-state index in [0.717, 1.165) is 22.4 Å². The molecule has 0 saturated carbocycles. The Morgan fingerprint density at radius 2 is 2.13 bits per heavy atom. The molecule has 0 spiro atoms. The zero-order chi connectivity index (χ0) is 16.4. The fourth-order valence-corrected chi connectivity index (χ4v) is 2.29. The van der Waals surface area contributed by atoms with E-state index in [2.05, 4.69) is 14.7 Å². The summed E-state index contributed by atoms with van der Waals surface area (Å²) in [7, 11) is 1.33. The van der Waals surface area contributed by atoms with Crippen molar-refractivity contribution in [1.29, 1.82) is 0 Å². The number of esters is 1. The molecule has 6 heteroatoms. The maximum atomic E-state index is 11.5. The van der Waals surface area contributed by atoms with Gasteiger partial charge in [-0.05, 0) is 30.7 Å². The van der Waals surface area contributed by atoms with E-state index in [1.807, 2.05) is 25.1 Å². The number of carbonyl (C=O) groups is 1. The fourth-order valence-electron chi connectivity index (χ4n) is 2.29. The zero-order valence-corrected chi connectivity index (χ0v) is 12.9. The standard InChI is InChI=1S/C17H17N3O3/c1-10-3-4-13(18)7-15(10)23-9-11-5-12-6-14(17(21)22-2)20-16(12)19-8-11/h3-8H,9,18H2,1-2H3,(H,19,20). The molecule has 2 aliphatic heterocycles. The van der Waals surface area contributed by atoms with Gasteiger partial charge in [-0.3, -0.25) is 0 Å². The number of hydrogen-bond donors (Lipinski definition) is 2. The first-order valence-corrected chi connectivity index (χ1v) is 7.12. The lowest BCUT2D eigenvalue weighted by Crippen LogP contribution is -2.00. The summed E-state index contributed by atoms with van der Waals surface area (Å²) in [5.41, 5.74) is 9.50. The maximum absolute atomic E-state index is 11.5. The van der Waals surface area contributed by atoms with Crippen molar-refractivity contribution < 1.29 is 14.3 Å². The van der Waals surface area contributed by atoms with E-state index >= 15 is 0 Å². The molecule has 0 aliphatic carbocycles. The quantitative estimate of drug-likeness (QED) is 0.571. The number of benzene rings is 1. The van der Waals surface area contributed by atoms with Crippen LogP contribution < -0.4 is 10.5 Å². The fraction of sp³-hybridized carbons (Fsp3) is 0.176. The number of H-pyrrole nitrogens is 1. The molecular weight excluding hydrogens is 294 g/mol. The molecule has 3 rings (SSSR count). The minimum atomic E-state index is -0.456. The molecule has 1 aromatic carbocycles. The first kappa shape index (κ1) is 14.9. The van der Waals surface area contributed by atoms with E-state index in [4.69, 9.17) is 10.5 Å². The van der Waals surface area contributed by atoms with Crippen molar-refractivity contribution in [3.63, 3.8) is 0 Å². The van der Waals surface area contributed by atoms with Gasteiger partial charge in [0.1, 0.15) is 18.2 Å². The Labute approximate surface area is 133 Å². The molecule has 0 unspecified atom stereocenters. The molecule has 23 heavy (non-hydrogen) atoms. The number of carbonyl (C=O) groups excluding carboxylic acids is 1. The highest BCUT2D eigenvalue weighted by molar-refractivity contribution is 5.90. The minimum absolute atomic E-state index is 0.281. The lowest BCUT2D eigenvalue weighted by atomic mass is 10.2. The average molecular weight is 311 g/mol. The van der Waals surface area contributed by atoms with Gasteiger partial charge in [-0.25, -0.2) is 9.78 Å². The third-order valence-electron chi connectivity index (χ3n) is 3.53. The first-order chi connectivity index (χ1) is 11.1. The molecule has 0 atom stereocenters. The molecule has 6 nitrogen and oxygen atoms in total. The van der Waals surface area contributed by atoms with Crippen LogP contribution in [-0.2, 0) is 11.3 Å². The van der Waals surface area contributed by atoms with Crippen LogP contribution in [0.5, 0.6) is 5.75 Å². The molecule has 118 valence electrons. The van der Waals surface area contributed by atoms with Gasteiger partial charge in [-0.15, -0.1) is 0 Å². The molecule has 0 fully saturated rings. The zero-order valence-electron chi connectivity index (χ0n) is 12.9. The Bertz CT molecular complexity index is 826. The lowest BCUT2D eigenvalue weighted by molar-refractivity contribution is 0.0595. The van der Waals surface area contributed by atoms with Crippen LogP contribution in [-0.4, -0.2) is 23.0 Å². The Hall–Kier alpha value is -3.02. The summed E-state index contributed by atoms with van der Waals surface area (Å²) in [4.78, 5) is 18.8. The molecule has 0 radical (unpaired) electrons. The van der Waals surface area contributed by atoms with Crippen LogP contribution in [0.2, 0.25) is 0 Å². The largest absolute Gasteiger partial charge is 0.488 e. The number of ether oxygens (including phenoxy) is 2. The monoisotopic (exact) mass is 311 g/mol. The van der Waals surface area contributed by atoms with Gasteiger partial charge >= 0.3 is 5.97 Å². The number of aryl methyl sites for hydroxylation is 1. The van der Waals surface area contributed by atoms with E-state index in [0.29, 0.717) is 18.1 Å². The van der Waals surface area contributed by atoms with Gasteiger partial charge in [0.05, 0.1) is 7.11 Å². The molecule has 2 heterocycles. The molecule has 2 aliphatic rings. The number of nitrogens with zero attached hydrogens (tertiary/aromatic N) is 1. The number of rotatable bonds is 4. The van der Waals surface area contributed by atoms with Crippen molar-refractivity contribution in [2.24, 2.45) is 0 Å². The average Bonchev–Trinajstić information content (AvgIpc) is 2.98. The summed E-state index contributed by atoms with van der Waals surface area (Å²) < 4.78 is 10.5. The van der Waals surface area contributed by atoms with E-state index in [9.17, 15) is 4.79 Å². The number of methoxy groups -OCH3 is 1. The Balaban J connectivity index is 1.80. The van der Waals surface area contributed by atoms with Crippen LogP contribution in [0.1, 0.15) is 21.6 Å². The predicted octanol–water partition coefficient (Wildman–Crippen LogP) is 2.77. The predicted molar refractivity (Wildman–Crippen MR) is 86.5 cm³/mol. The molecule has 0 saturated heterocycles. The number of aromatic nitrogens is 2. The highest BCUT2D eigenvalue weighted by atomic mass is 16.5. The normalized spacial score (nSPS) is 10.7. The topological polar surface area (TPSA) is 90.2 Å². The number of nitrogens with two attached hydrogens (primary N) is 1. The second-order valence-corrected chi connectivity index (χ2v) is 5.26. The molecule has 0 aromatic heterocycles. The molecule has 0 bridgehead atoms. The van der Waals surface area contributed by atoms with Gasteiger partial charge in [0.2, 0.25) is 0 Å². The number of nitrogen functional groups attached to an aromatic ring is 1. The summed E-state index contributed by atoms with van der Waals surface area (Å²) in [5, 5.41) is 0. The number of nitrogens with one attached hydrogen (secondary N) is 1.